The molecule has 2 aromatic carbocycles. The van der Waals surface area contributed by atoms with Gasteiger partial charge in [0.2, 0.25) is 0 Å². The van der Waals surface area contributed by atoms with Crippen molar-refractivity contribution in [1.82, 2.24) is 10.6 Å². The summed E-state index contributed by atoms with van der Waals surface area (Å²) in [5, 5.41) is 17.3. The number of nitro groups is 1. The molecule has 0 saturated heterocycles. The van der Waals surface area contributed by atoms with Gasteiger partial charge >= 0.3 is 0 Å². The molecule has 2 N–H and O–H groups in total. The first-order valence-electron chi connectivity index (χ1n) is 8.48. The molecule has 0 aromatic heterocycles. The highest BCUT2D eigenvalue weighted by Gasteiger charge is 2.04. The van der Waals surface area contributed by atoms with Crippen LogP contribution in [0.1, 0.15) is 24.5 Å². The third-order valence-corrected chi connectivity index (χ3v) is 3.66. The largest absolute Gasteiger partial charge is 0.356 e. The van der Waals surface area contributed by atoms with Crippen molar-refractivity contribution in [3.05, 3.63) is 75.8 Å². The van der Waals surface area contributed by atoms with E-state index in [4.69, 9.17) is 0 Å². The van der Waals surface area contributed by atoms with Gasteiger partial charge in [-0.3, -0.25) is 10.1 Å². The molecule has 0 spiro atoms. The molecule has 0 amide bonds. The van der Waals surface area contributed by atoms with Gasteiger partial charge in [-0.05, 0) is 24.0 Å². The predicted molar refractivity (Wildman–Crippen MR) is 116 cm³/mol. The SMILES string of the molecule is CCCNC(=NCc1ccc([N+](=O)[O-])cc1)NCCc1ccccc1.I. The molecule has 0 unspecified atom stereocenters. The van der Waals surface area contributed by atoms with E-state index in [9.17, 15) is 10.1 Å². The fourth-order valence-corrected chi connectivity index (χ4v) is 2.28. The topological polar surface area (TPSA) is 79.6 Å². The Morgan fingerprint density at radius 3 is 2.27 bits per heavy atom. The zero-order valence-corrected chi connectivity index (χ0v) is 17.2. The Labute approximate surface area is 171 Å². The number of benzene rings is 2. The molecule has 0 saturated carbocycles. The number of nitrogens with zero attached hydrogens (tertiary/aromatic N) is 2. The van der Waals surface area contributed by atoms with Crippen molar-refractivity contribution in [2.75, 3.05) is 13.1 Å². The smallest absolute Gasteiger partial charge is 0.269 e. The van der Waals surface area contributed by atoms with E-state index in [0.29, 0.717) is 6.54 Å². The molecule has 0 atom stereocenters. The maximum absolute atomic E-state index is 10.7. The van der Waals surface area contributed by atoms with E-state index in [2.05, 4.69) is 34.7 Å². The Kier molecular flexibility index (Phi) is 10.3. The summed E-state index contributed by atoms with van der Waals surface area (Å²) in [6, 6.07) is 16.8. The van der Waals surface area contributed by atoms with Gasteiger partial charge in [-0.2, -0.15) is 0 Å². The van der Waals surface area contributed by atoms with Crippen molar-refractivity contribution in [3.63, 3.8) is 0 Å². The summed E-state index contributed by atoms with van der Waals surface area (Å²) < 4.78 is 0. The monoisotopic (exact) mass is 468 g/mol. The Morgan fingerprint density at radius 1 is 1.00 bits per heavy atom. The number of hydrogen-bond donors (Lipinski definition) is 2. The lowest BCUT2D eigenvalue weighted by molar-refractivity contribution is -0.384. The summed E-state index contributed by atoms with van der Waals surface area (Å²) >= 11 is 0. The van der Waals surface area contributed by atoms with E-state index in [1.165, 1.54) is 17.7 Å². The molecule has 2 rings (SSSR count). The highest BCUT2D eigenvalue weighted by Crippen LogP contribution is 2.12. The summed E-state index contributed by atoms with van der Waals surface area (Å²) in [4.78, 5) is 14.9. The molecule has 26 heavy (non-hydrogen) atoms. The van der Waals surface area contributed by atoms with Gasteiger partial charge in [0.25, 0.3) is 5.69 Å². The molecule has 0 aliphatic carbocycles. The van der Waals surface area contributed by atoms with Gasteiger partial charge in [-0.1, -0.05) is 49.4 Å². The van der Waals surface area contributed by atoms with Crippen LogP contribution in [0.2, 0.25) is 0 Å². The lowest BCUT2D eigenvalue weighted by atomic mass is 10.1. The molecule has 6 nitrogen and oxygen atoms in total. The first-order valence-corrected chi connectivity index (χ1v) is 8.48. The van der Waals surface area contributed by atoms with E-state index in [1.54, 1.807) is 12.1 Å². The number of nitro benzene ring substituents is 1. The van der Waals surface area contributed by atoms with E-state index < -0.39 is 4.92 Å². The van der Waals surface area contributed by atoms with Gasteiger partial charge < -0.3 is 10.6 Å². The van der Waals surface area contributed by atoms with E-state index in [1.807, 2.05) is 18.2 Å². The lowest BCUT2D eigenvalue weighted by Crippen LogP contribution is -2.38. The van der Waals surface area contributed by atoms with Crippen molar-refractivity contribution in [2.24, 2.45) is 4.99 Å². The maximum Gasteiger partial charge on any atom is 0.269 e. The van der Waals surface area contributed by atoms with Crippen LogP contribution >= 0.6 is 24.0 Å². The van der Waals surface area contributed by atoms with E-state index >= 15 is 0 Å². The molecule has 0 aliphatic rings. The zero-order valence-electron chi connectivity index (χ0n) is 14.9. The highest BCUT2D eigenvalue weighted by molar-refractivity contribution is 14.0. The van der Waals surface area contributed by atoms with Crippen molar-refractivity contribution in [1.29, 1.82) is 0 Å². The number of aliphatic imine (C=N–C) groups is 1. The molecule has 0 aliphatic heterocycles. The quantitative estimate of drug-likeness (QED) is 0.203. The number of nitrogens with one attached hydrogen (secondary N) is 2. The Bertz CT molecular complexity index is 690. The summed E-state index contributed by atoms with van der Waals surface area (Å²) in [5.74, 6) is 0.760. The van der Waals surface area contributed by atoms with Gasteiger partial charge in [0.1, 0.15) is 0 Å². The second-order valence-corrected chi connectivity index (χ2v) is 5.68. The molecule has 0 bridgehead atoms. The van der Waals surface area contributed by atoms with Crippen molar-refractivity contribution >= 4 is 35.6 Å². The zero-order chi connectivity index (χ0) is 17.9. The third kappa shape index (κ3) is 7.81. The average Bonchev–Trinajstić information content (AvgIpc) is 2.64. The fourth-order valence-electron chi connectivity index (χ4n) is 2.28. The molecular formula is C19H25IN4O2. The minimum absolute atomic E-state index is 0. The van der Waals surface area contributed by atoms with Crippen LogP contribution in [0.15, 0.2) is 59.6 Å². The second-order valence-electron chi connectivity index (χ2n) is 5.68. The van der Waals surface area contributed by atoms with Gasteiger partial charge in [0.15, 0.2) is 5.96 Å². The lowest BCUT2D eigenvalue weighted by Gasteiger charge is -2.12. The first kappa shape index (κ1) is 21.9. The number of guanidine groups is 1. The summed E-state index contributed by atoms with van der Waals surface area (Å²) in [5.41, 5.74) is 2.31. The van der Waals surface area contributed by atoms with E-state index in [-0.39, 0.29) is 29.7 Å². The van der Waals surface area contributed by atoms with Gasteiger partial charge in [-0.25, -0.2) is 4.99 Å². The van der Waals surface area contributed by atoms with Gasteiger partial charge in [0, 0.05) is 25.2 Å². The molecular weight excluding hydrogens is 443 g/mol. The standard InChI is InChI=1S/C19H24N4O2.HI/c1-2-13-20-19(21-14-12-16-6-4-3-5-7-16)22-15-17-8-10-18(11-9-17)23(24)25;/h3-11H,2,12-15H2,1H3,(H2,20,21,22);1H. The van der Waals surface area contributed by atoms with Gasteiger partial charge in [-0.15, -0.1) is 24.0 Å². The van der Waals surface area contributed by atoms with Crippen molar-refractivity contribution in [3.8, 4) is 0 Å². The van der Waals surface area contributed by atoms with Crippen LogP contribution in [-0.4, -0.2) is 24.0 Å². The predicted octanol–water partition coefficient (Wildman–Crippen LogP) is 3.90. The molecule has 0 heterocycles. The summed E-state index contributed by atoms with van der Waals surface area (Å²) in [7, 11) is 0. The number of halogens is 1. The molecule has 7 heteroatoms. The number of non-ortho nitro benzene ring substituents is 1. The van der Waals surface area contributed by atoms with Crippen LogP contribution in [0.3, 0.4) is 0 Å². The van der Waals surface area contributed by atoms with Crippen molar-refractivity contribution in [2.45, 2.75) is 26.3 Å². The Hall–Kier alpha value is -2.16. The van der Waals surface area contributed by atoms with Crippen LogP contribution in [0.5, 0.6) is 0 Å². The average molecular weight is 468 g/mol. The first-order chi connectivity index (χ1) is 12.2. The number of hydrogen-bond acceptors (Lipinski definition) is 3. The van der Waals surface area contributed by atoms with Crippen molar-refractivity contribution < 1.29 is 4.92 Å². The van der Waals surface area contributed by atoms with Crippen LogP contribution in [0.25, 0.3) is 0 Å². The maximum atomic E-state index is 10.7. The molecule has 2 aromatic rings. The van der Waals surface area contributed by atoms with E-state index in [0.717, 1.165) is 37.5 Å². The normalized spacial score (nSPS) is 10.7. The van der Waals surface area contributed by atoms with Crippen LogP contribution in [0.4, 0.5) is 5.69 Å². The van der Waals surface area contributed by atoms with Crippen LogP contribution in [0, 0.1) is 10.1 Å². The highest BCUT2D eigenvalue weighted by atomic mass is 127. The second kappa shape index (κ2) is 12.2. The molecule has 0 fully saturated rings. The minimum atomic E-state index is -0.396. The van der Waals surface area contributed by atoms with Gasteiger partial charge in [0.05, 0.1) is 11.5 Å². The van der Waals surface area contributed by atoms with Crippen LogP contribution in [-0.2, 0) is 13.0 Å². The molecule has 0 radical (unpaired) electrons. The third-order valence-electron chi connectivity index (χ3n) is 3.66. The minimum Gasteiger partial charge on any atom is -0.356 e. The Morgan fingerprint density at radius 2 is 1.65 bits per heavy atom. The number of rotatable bonds is 8. The van der Waals surface area contributed by atoms with Crippen LogP contribution < -0.4 is 10.6 Å². The fraction of sp³-hybridized carbons (Fsp3) is 0.316. The molecule has 140 valence electrons. The summed E-state index contributed by atoms with van der Waals surface area (Å²) in [6.07, 6.45) is 1.93. The Balaban J connectivity index is 0.00000338. The summed E-state index contributed by atoms with van der Waals surface area (Å²) in [6.45, 7) is 4.21.